The Labute approximate surface area is 151 Å². The van der Waals surface area contributed by atoms with Crippen molar-refractivity contribution in [3.8, 4) is 11.5 Å². The van der Waals surface area contributed by atoms with E-state index in [0.717, 1.165) is 11.1 Å². The summed E-state index contributed by atoms with van der Waals surface area (Å²) in [6.07, 6.45) is 2.07. The third kappa shape index (κ3) is 3.74. The number of amidine groups is 1. The lowest BCUT2D eigenvalue weighted by atomic mass is 10.1. The van der Waals surface area contributed by atoms with Gasteiger partial charge < -0.3 is 14.8 Å². The van der Waals surface area contributed by atoms with Crippen LogP contribution in [0.4, 0.5) is 4.39 Å². The third-order valence-electron chi connectivity index (χ3n) is 4.07. The molecule has 0 saturated carbocycles. The third-order valence-corrected chi connectivity index (χ3v) is 4.07. The quantitative estimate of drug-likeness (QED) is 0.839. The Balaban J connectivity index is 1.89. The van der Waals surface area contributed by atoms with E-state index in [-0.39, 0.29) is 17.4 Å². The van der Waals surface area contributed by atoms with Gasteiger partial charge in [-0.3, -0.25) is 4.79 Å². The summed E-state index contributed by atoms with van der Waals surface area (Å²) < 4.78 is 23.7. The number of aliphatic imine (C=N–C) groups is 1. The van der Waals surface area contributed by atoms with Crippen LogP contribution in [0, 0.1) is 12.7 Å². The van der Waals surface area contributed by atoms with E-state index < -0.39 is 0 Å². The maximum atomic E-state index is 13.0. The molecule has 2 aromatic carbocycles. The number of carbonyl (C=O) groups is 1. The van der Waals surface area contributed by atoms with Crippen LogP contribution in [0.1, 0.15) is 16.7 Å². The average Bonchev–Trinajstić information content (AvgIpc) is 2.97. The monoisotopic (exact) mass is 354 g/mol. The van der Waals surface area contributed by atoms with Crippen molar-refractivity contribution in [3.63, 3.8) is 0 Å². The van der Waals surface area contributed by atoms with Crippen LogP contribution in [0.2, 0.25) is 0 Å². The number of aryl methyl sites for hydroxylation is 1. The number of hydrogen-bond donors (Lipinski definition) is 1. The molecule has 134 valence electrons. The number of halogens is 1. The predicted molar refractivity (Wildman–Crippen MR) is 97.9 cm³/mol. The lowest BCUT2D eigenvalue weighted by molar-refractivity contribution is -0.115. The van der Waals surface area contributed by atoms with Crippen LogP contribution in [-0.4, -0.2) is 26.0 Å². The zero-order valence-corrected chi connectivity index (χ0v) is 14.8. The van der Waals surface area contributed by atoms with E-state index in [1.54, 1.807) is 32.4 Å². The fraction of sp³-hybridized carbons (Fsp3) is 0.200. The van der Waals surface area contributed by atoms with Crippen molar-refractivity contribution in [1.82, 2.24) is 5.32 Å². The molecule has 6 heteroatoms. The lowest BCUT2D eigenvalue weighted by Gasteiger charge is -2.10. The van der Waals surface area contributed by atoms with E-state index in [2.05, 4.69) is 10.3 Å². The summed E-state index contributed by atoms with van der Waals surface area (Å²) in [5, 5.41) is 2.74. The van der Waals surface area contributed by atoms with Gasteiger partial charge in [-0.15, -0.1) is 0 Å². The summed E-state index contributed by atoms with van der Waals surface area (Å²) in [6.45, 7) is 1.92. The first kappa shape index (κ1) is 17.7. The van der Waals surface area contributed by atoms with E-state index >= 15 is 0 Å². The second-order valence-corrected chi connectivity index (χ2v) is 5.91. The topological polar surface area (TPSA) is 59.9 Å². The Bertz CT molecular complexity index is 902. The van der Waals surface area contributed by atoms with E-state index in [9.17, 15) is 9.18 Å². The summed E-state index contributed by atoms with van der Waals surface area (Å²) in [5.74, 6) is 1.26. The van der Waals surface area contributed by atoms with Crippen LogP contribution >= 0.6 is 0 Å². The molecular formula is C20H19FN2O3. The molecule has 0 atom stereocenters. The molecule has 1 aliphatic rings. The minimum atomic E-state index is -0.299. The molecule has 26 heavy (non-hydrogen) atoms. The molecule has 0 spiro atoms. The maximum Gasteiger partial charge on any atom is 0.275 e. The van der Waals surface area contributed by atoms with Crippen molar-refractivity contribution < 1.29 is 18.7 Å². The standard InChI is InChI=1S/C20H19FN2O3/c1-12-8-18(26-3)14(11-17(12)25-2)10-16-20(24)23-19(22-16)9-13-4-6-15(21)7-5-13/h4-8,10-11H,9H2,1-3H3,(H,22,23,24)/b16-10+. The van der Waals surface area contributed by atoms with Gasteiger partial charge in [-0.2, -0.15) is 0 Å². The van der Waals surface area contributed by atoms with Gasteiger partial charge in [0.05, 0.1) is 14.2 Å². The summed E-state index contributed by atoms with van der Waals surface area (Å²) >= 11 is 0. The number of nitrogens with zero attached hydrogens (tertiary/aromatic N) is 1. The van der Waals surface area contributed by atoms with Crippen molar-refractivity contribution in [2.45, 2.75) is 13.3 Å². The highest BCUT2D eigenvalue weighted by Gasteiger charge is 2.21. The number of nitrogens with one attached hydrogen (secondary N) is 1. The first-order valence-electron chi connectivity index (χ1n) is 8.08. The number of ether oxygens (including phenoxy) is 2. The summed E-state index contributed by atoms with van der Waals surface area (Å²) in [4.78, 5) is 16.6. The van der Waals surface area contributed by atoms with E-state index in [0.29, 0.717) is 29.3 Å². The van der Waals surface area contributed by atoms with Crippen molar-refractivity contribution in [2.75, 3.05) is 14.2 Å². The second kappa shape index (κ2) is 7.39. The fourth-order valence-corrected chi connectivity index (χ4v) is 2.73. The number of hydrogen-bond acceptors (Lipinski definition) is 4. The Morgan fingerprint density at radius 1 is 1.12 bits per heavy atom. The van der Waals surface area contributed by atoms with Crippen LogP contribution in [0.15, 0.2) is 47.1 Å². The van der Waals surface area contributed by atoms with Gasteiger partial charge >= 0.3 is 0 Å². The summed E-state index contributed by atoms with van der Waals surface area (Å²) in [6, 6.07) is 9.75. The maximum absolute atomic E-state index is 13.0. The molecule has 1 heterocycles. The molecule has 2 aromatic rings. The van der Waals surface area contributed by atoms with E-state index in [1.807, 2.05) is 19.1 Å². The SMILES string of the molecule is COc1cc(/C=C2/N=C(Cc3ccc(F)cc3)NC2=O)c(OC)cc1C. The predicted octanol–water partition coefficient (Wildman–Crippen LogP) is 3.26. The highest BCUT2D eigenvalue weighted by Crippen LogP contribution is 2.30. The zero-order valence-electron chi connectivity index (χ0n) is 14.8. The van der Waals surface area contributed by atoms with Crippen LogP contribution in [0.5, 0.6) is 11.5 Å². The van der Waals surface area contributed by atoms with Gasteiger partial charge in [0, 0.05) is 12.0 Å². The number of rotatable bonds is 5. The molecule has 1 N–H and O–H groups in total. The molecule has 1 amide bonds. The van der Waals surface area contributed by atoms with Crippen LogP contribution < -0.4 is 14.8 Å². The lowest BCUT2D eigenvalue weighted by Crippen LogP contribution is -2.25. The molecule has 0 radical (unpaired) electrons. The largest absolute Gasteiger partial charge is 0.496 e. The number of benzene rings is 2. The molecule has 0 aliphatic carbocycles. The smallest absolute Gasteiger partial charge is 0.275 e. The van der Waals surface area contributed by atoms with E-state index in [1.165, 1.54) is 12.1 Å². The van der Waals surface area contributed by atoms with Crippen LogP contribution in [0.25, 0.3) is 6.08 Å². The van der Waals surface area contributed by atoms with E-state index in [4.69, 9.17) is 9.47 Å². The first-order chi connectivity index (χ1) is 12.5. The molecule has 0 unspecified atom stereocenters. The van der Waals surface area contributed by atoms with Gasteiger partial charge in [-0.25, -0.2) is 9.38 Å². The number of carbonyl (C=O) groups excluding carboxylic acids is 1. The van der Waals surface area contributed by atoms with Gasteiger partial charge in [0.1, 0.15) is 28.8 Å². The first-order valence-corrected chi connectivity index (χ1v) is 8.08. The minimum Gasteiger partial charge on any atom is -0.496 e. The van der Waals surface area contributed by atoms with Gasteiger partial charge in [0.25, 0.3) is 5.91 Å². The van der Waals surface area contributed by atoms with Gasteiger partial charge in [0.2, 0.25) is 0 Å². The van der Waals surface area contributed by atoms with Crippen molar-refractivity contribution in [2.24, 2.45) is 4.99 Å². The fourth-order valence-electron chi connectivity index (χ4n) is 2.73. The molecule has 5 nitrogen and oxygen atoms in total. The molecule has 0 bridgehead atoms. The molecule has 0 saturated heterocycles. The number of methoxy groups -OCH3 is 2. The molecule has 1 aliphatic heterocycles. The number of amides is 1. The van der Waals surface area contributed by atoms with Crippen molar-refractivity contribution in [3.05, 3.63) is 64.6 Å². The molecule has 0 aromatic heterocycles. The highest BCUT2D eigenvalue weighted by atomic mass is 19.1. The van der Waals surface area contributed by atoms with Crippen molar-refractivity contribution >= 4 is 17.8 Å². The summed E-state index contributed by atoms with van der Waals surface area (Å²) in [7, 11) is 3.16. The Morgan fingerprint density at radius 2 is 1.81 bits per heavy atom. The minimum absolute atomic E-state index is 0.284. The average molecular weight is 354 g/mol. The summed E-state index contributed by atoms with van der Waals surface area (Å²) in [5.41, 5.74) is 2.78. The van der Waals surface area contributed by atoms with Crippen LogP contribution in [0.3, 0.4) is 0 Å². The van der Waals surface area contributed by atoms with Gasteiger partial charge in [0.15, 0.2) is 0 Å². The zero-order chi connectivity index (χ0) is 18.7. The van der Waals surface area contributed by atoms with Gasteiger partial charge in [-0.05, 0) is 48.4 Å². The second-order valence-electron chi connectivity index (χ2n) is 5.91. The van der Waals surface area contributed by atoms with Crippen molar-refractivity contribution in [1.29, 1.82) is 0 Å². The molecule has 3 rings (SSSR count). The molecule has 0 fully saturated rings. The highest BCUT2D eigenvalue weighted by molar-refractivity contribution is 6.14. The Morgan fingerprint density at radius 3 is 2.46 bits per heavy atom. The molecular weight excluding hydrogens is 335 g/mol. The van der Waals surface area contributed by atoms with Crippen LogP contribution in [-0.2, 0) is 11.2 Å². The Hall–Kier alpha value is -3.15. The van der Waals surface area contributed by atoms with Gasteiger partial charge in [-0.1, -0.05) is 12.1 Å². The normalized spacial score (nSPS) is 15.0. The Kier molecular flexibility index (Phi) is 5.02.